The Kier molecular flexibility index (Phi) is 4.90. The van der Waals surface area contributed by atoms with Gasteiger partial charge in [0, 0.05) is 25.0 Å². The van der Waals surface area contributed by atoms with Gasteiger partial charge in [0.25, 0.3) is 11.5 Å². The molecule has 0 aliphatic heterocycles. The van der Waals surface area contributed by atoms with Crippen LogP contribution in [0.15, 0.2) is 47.3 Å². The highest BCUT2D eigenvalue weighted by atomic mass is 35.5. The first kappa shape index (κ1) is 14.3. The van der Waals surface area contributed by atoms with E-state index in [1.807, 2.05) is 30.3 Å². The number of nitrogens with zero attached hydrogens (tertiary/aromatic N) is 2. The van der Waals surface area contributed by atoms with E-state index in [-0.39, 0.29) is 17.2 Å². The van der Waals surface area contributed by atoms with Crippen molar-refractivity contribution in [1.82, 2.24) is 15.1 Å². The number of carbonyl (C=O) groups excluding carboxylic acids is 1. The number of amides is 1. The van der Waals surface area contributed by atoms with E-state index in [4.69, 9.17) is 11.6 Å². The third kappa shape index (κ3) is 3.68. The number of nitrogens with one attached hydrogen (secondary N) is 1. The second kappa shape index (κ2) is 6.86. The van der Waals surface area contributed by atoms with Crippen molar-refractivity contribution >= 4 is 17.5 Å². The van der Waals surface area contributed by atoms with Crippen LogP contribution in [0.4, 0.5) is 0 Å². The Morgan fingerprint density at radius 2 is 1.95 bits per heavy atom. The van der Waals surface area contributed by atoms with Gasteiger partial charge in [-0.25, -0.2) is 5.10 Å². The van der Waals surface area contributed by atoms with Gasteiger partial charge in [-0.05, 0) is 11.6 Å². The predicted molar refractivity (Wildman–Crippen MR) is 76.8 cm³/mol. The van der Waals surface area contributed by atoms with E-state index in [1.165, 1.54) is 12.1 Å². The molecule has 1 N–H and O–H groups in total. The molecule has 0 radical (unpaired) electrons. The standard InChI is InChI=1S/C14H14ClN3O2/c15-8-9-18(10-11-4-2-1-3-5-11)14(20)12-6-7-13(19)17-16-12/h1-7H,8-10H2,(H,17,19). The minimum atomic E-state index is -0.339. The molecule has 0 atom stereocenters. The highest BCUT2D eigenvalue weighted by molar-refractivity contribution is 6.18. The minimum absolute atomic E-state index is 0.200. The molecule has 0 spiro atoms. The molecule has 0 unspecified atom stereocenters. The van der Waals surface area contributed by atoms with Crippen LogP contribution in [0.5, 0.6) is 0 Å². The molecule has 2 aromatic rings. The zero-order chi connectivity index (χ0) is 14.4. The first-order chi connectivity index (χ1) is 9.70. The summed E-state index contributed by atoms with van der Waals surface area (Å²) in [6, 6.07) is 12.3. The van der Waals surface area contributed by atoms with Crippen molar-refractivity contribution in [3.05, 3.63) is 64.1 Å². The molecule has 1 aromatic heterocycles. The third-order valence-corrected chi connectivity index (χ3v) is 2.93. The lowest BCUT2D eigenvalue weighted by molar-refractivity contribution is 0.0746. The van der Waals surface area contributed by atoms with E-state index in [9.17, 15) is 9.59 Å². The van der Waals surface area contributed by atoms with Crippen molar-refractivity contribution in [2.24, 2.45) is 0 Å². The minimum Gasteiger partial charge on any atom is -0.332 e. The number of H-pyrrole nitrogens is 1. The van der Waals surface area contributed by atoms with Gasteiger partial charge in [0.05, 0.1) is 0 Å². The Hall–Kier alpha value is -2.14. The highest BCUT2D eigenvalue weighted by Gasteiger charge is 2.17. The molecule has 1 aromatic carbocycles. The summed E-state index contributed by atoms with van der Waals surface area (Å²) < 4.78 is 0. The molecule has 0 saturated heterocycles. The number of hydrogen-bond donors (Lipinski definition) is 1. The molecule has 0 fully saturated rings. The normalized spacial score (nSPS) is 10.2. The van der Waals surface area contributed by atoms with Crippen LogP contribution in [-0.4, -0.2) is 33.4 Å². The lowest BCUT2D eigenvalue weighted by atomic mass is 10.2. The van der Waals surface area contributed by atoms with Crippen LogP contribution in [0.3, 0.4) is 0 Å². The summed E-state index contributed by atoms with van der Waals surface area (Å²) in [5.74, 6) is 0.0767. The highest BCUT2D eigenvalue weighted by Crippen LogP contribution is 2.08. The van der Waals surface area contributed by atoms with Crippen molar-refractivity contribution in [1.29, 1.82) is 0 Å². The van der Waals surface area contributed by atoms with Gasteiger partial charge in [-0.15, -0.1) is 11.6 Å². The molecular weight excluding hydrogens is 278 g/mol. The molecule has 0 aliphatic rings. The number of benzene rings is 1. The number of aromatic nitrogens is 2. The van der Waals surface area contributed by atoms with Crippen LogP contribution in [0, 0.1) is 0 Å². The summed E-state index contributed by atoms with van der Waals surface area (Å²) in [5.41, 5.74) is 0.870. The van der Waals surface area contributed by atoms with Gasteiger partial charge in [0.15, 0.2) is 0 Å². The Morgan fingerprint density at radius 3 is 2.55 bits per heavy atom. The maximum absolute atomic E-state index is 12.3. The van der Waals surface area contributed by atoms with Crippen molar-refractivity contribution < 1.29 is 4.79 Å². The van der Waals surface area contributed by atoms with Gasteiger partial charge in [-0.1, -0.05) is 30.3 Å². The fraction of sp³-hybridized carbons (Fsp3) is 0.214. The molecule has 1 heterocycles. The van der Waals surface area contributed by atoms with E-state index in [0.717, 1.165) is 5.56 Å². The summed E-state index contributed by atoms with van der Waals surface area (Å²) in [5, 5.41) is 6.01. The van der Waals surface area contributed by atoms with Crippen molar-refractivity contribution in [3.63, 3.8) is 0 Å². The van der Waals surface area contributed by atoms with E-state index in [2.05, 4.69) is 10.2 Å². The molecule has 1 amide bonds. The lowest BCUT2D eigenvalue weighted by Gasteiger charge is -2.21. The van der Waals surface area contributed by atoms with E-state index in [1.54, 1.807) is 4.90 Å². The summed E-state index contributed by atoms with van der Waals surface area (Å²) in [6.45, 7) is 0.864. The van der Waals surface area contributed by atoms with E-state index < -0.39 is 0 Å². The Bertz CT molecular complexity index is 607. The molecule has 6 heteroatoms. The Morgan fingerprint density at radius 1 is 1.20 bits per heavy atom. The third-order valence-electron chi connectivity index (χ3n) is 2.76. The quantitative estimate of drug-likeness (QED) is 0.852. The lowest BCUT2D eigenvalue weighted by Crippen LogP contribution is -2.33. The van der Waals surface area contributed by atoms with Crippen LogP contribution in [0.2, 0.25) is 0 Å². The number of alkyl halides is 1. The fourth-order valence-electron chi connectivity index (χ4n) is 1.78. The van der Waals surface area contributed by atoms with Crippen LogP contribution in [0.1, 0.15) is 16.1 Å². The van der Waals surface area contributed by atoms with Crippen LogP contribution in [0.25, 0.3) is 0 Å². The van der Waals surface area contributed by atoms with Crippen LogP contribution >= 0.6 is 11.6 Å². The monoisotopic (exact) mass is 291 g/mol. The molecule has 104 valence electrons. The number of halogens is 1. The smallest absolute Gasteiger partial charge is 0.274 e. The zero-order valence-corrected chi connectivity index (χ0v) is 11.5. The largest absolute Gasteiger partial charge is 0.332 e. The maximum atomic E-state index is 12.3. The second-order valence-corrected chi connectivity index (χ2v) is 4.59. The second-order valence-electron chi connectivity index (χ2n) is 4.21. The average molecular weight is 292 g/mol. The first-order valence-corrected chi connectivity index (χ1v) is 6.69. The average Bonchev–Trinajstić information content (AvgIpc) is 2.48. The van der Waals surface area contributed by atoms with Gasteiger partial charge in [-0.3, -0.25) is 9.59 Å². The molecule has 20 heavy (non-hydrogen) atoms. The number of rotatable bonds is 5. The number of carbonyl (C=O) groups is 1. The van der Waals surface area contributed by atoms with Crippen molar-refractivity contribution in [2.45, 2.75) is 6.54 Å². The summed E-state index contributed by atoms with van der Waals surface area (Å²) >= 11 is 5.75. The molecule has 0 aliphatic carbocycles. The maximum Gasteiger partial charge on any atom is 0.274 e. The SMILES string of the molecule is O=C(c1ccc(=O)[nH]n1)N(CCCl)Cc1ccccc1. The topological polar surface area (TPSA) is 66.1 Å². The van der Waals surface area contributed by atoms with Gasteiger partial charge in [0.1, 0.15) is 5.69 Å². The van der Waals surface area contributed by atoms with Gasteiger partial charge >= 0.3 is 0 Å². The summed E-state index contributed by atoms with van der Waals surface area (Å²) in [7, 11) is 0. The van der Waals surface area contributed by atoms with E-state index >= 15 is 0 Å². The van der Waals surface area contributed by atoms with Crippen molar-refractivity contribution in [2.75, 3.05) is 12.4 Å². The number of hydrogen-bond acceptors (Lipinski definition) is 3. The summed E-state index contributed by atoms with van der Waals surface area (Å²) in [4.78, 5) is 24.9. The first-order valence-electron chi connectivity index (χ1n) is 6.15. The molecular formula is C14H14ClN3O2. The molecule has 2 rings (SSSR count). The van der Waals surface area contributed by atoms with Gasteiger partial charge in [0.2, 0.25) is 0 Å². The Balaban J connectivity index is 2.17. The van der Waals surface area contributed by atoms with Crippen molar-refractivity contribution in [3.8, 4) is 0 Å². The van der Waals surface area contributed by atoms with Crippen LogP contribution in [-0.2, 0) is 6.54 Å². The van der Waals surface area contributed by atoms with Gasteiger partial charge < -0.3 is 4.90 Å². The summed E-state index contributed by atoms with van der Waals surface area (Å²) in [6.07, 6.45) is 0. The number of aromatic amines is 1. The molecule has 0 bridgehead atoms. The van der Waals surface area contributed by atoms with E-state index in [0.29, 0.717) is 19.0 Å². The molecule has 5 nitrogen and oxygen atoms in total. The van der Waals surface area contributed by atoms with Crippen LogP contribution < -0.4 is 5.56 Å². The predicted octanol–water partition coefficient (Wildman–Crippen LogP) is 1.65. The molecule has 0 saturated carbocycles. The fourth-order valence-corrected chi connectivity index (χ4v) is 1.99. The Labute approximate surface area is 121 Å². The zero-order valence-electron chi connectivity index (χ0n) is 10.8. The van der Waals surface area contributed by atoms with Gasteiger partial charge in [-0.2, -0.15) is 5.10 Å².